The number of ether oxygens (including phenoxy) is 1. The minimum Gasteiger partial charge on any atom is -0.381 e. The first-order valence-electron chi connectivity index (χ1n) is 9.20. The maximum Gasteiger partial charge on any atom is 0.274 e. The van der Waals surface area contributed by atoms with Crippen LogP contribution in [-0.4, -0.2) is 50.7 Å². The van der Waals surface area contributed by atoms with Gasteiger partial charge >= 0.3 is 0 Å². The number of hydrogen-bond acceptors (Lipinski definition) is 7. The number of hydrogen-bond donors (Lipinski definition) is 0. The first kappa shape index (κ1) is 17.1. The van der Waals surface area contributed by atoms with Gasteiger partial charge in [0.1, 0.15) is 11.7 Å². The van der Waals surface area contributed by atoms with Crippen LogP contribution in [0.15, 0.2) is 16.9 Å². The van der Waals surface area contributed by atoms with E-state index in [4.69, 9.17) is 9.26 Å². The topological polar surface area (TPSA) is 94.2 Å². The Morgan fingerprint density at radius 1 is 1.31 bits per heavy atom. The van der Waals surface area contributed by atoms with Crippen LogP contribution in [0.25, 0.3) is 0 Å². The molecule has 2 aromatic heterocycles. The van der Waals surface area contributed by atoms with E-state index in [-0.39, 0.29) is 11.9 Å². The van der Waals surface area contributed by atoms with Crippen LogP contribution in [0, 0.1) is 12.8 Å². The summed E-state index contributed by atoms with van der Waals surface area (Å²) < 4.78 is 11.0. The summed E-state index contributed by atoms with van der Waals surface area (Å²) in [6.07, 6.45) is 8.02. The molecule has 138 valence electrons. The van der Waals surface area contributed by atoms with Gasteiger partial charge < -0.3 is 14.2 Å². The van der Waals surface area contributed by atoms with E-state index in [2.05, 4.69) is 20.1 Å². The van der Waals surface area contributed by atoms with Crippen molar-refractivity contribution >= 4 is 5.91 Å². The van der Waals surface area contributed by atoms with Gasteiger partial charge in [0.05, 0.1) is 18.5 Å². The summed E-state index contributed by atoms with van der Waals surface area (Å²) in [6, 6.07) is -0.195. The van der Waals surface area contributed by atoms with Crippen LogP contribution in [0.5, 0.6) is 0 Å². The van der Waals surface area contributed by atoms with Crippen molar-refractivity contribution < 1.29 is 14.1 Å². The molecule has 2 fully saturated rings. The lowest BCUT2D eigenvalue weighted by Gasteiger charge is -2.21. The average Bonchev–Trinajstić information content (AvgIpc) is 3.15. The molecule has 1 saturated carbocycles. The second kappa shape index (κ2) is 7.49. The van der Waals surface area contributed by atoms with Crippen molar-refractivity contribution in [2.75, 3.05) is 19.8 Å². The molecule has 3 heterocycles. The van der Waals surface area contributed by atoms with Gasteiger partial charge in [-0.1, -0.05) is 5.16 Å². The molecule has 2 aromatic rings. The summed E-state index contributed by atoms with van der Waals surface area (Å²) in [5.41, 5.74) is 1.13. The van der Waals surface area contributed by atoms with E-state index in [1.54, 1.807) is 11.1 Å². The molecule has 0 spiro atoms. The Hall–Kier alpha value is -2.35. The average molecular weight is 357 g/mol. The maximum atomic E-state index is 12.7. The molecule has 1 unspecified atom stereocenters. The summed E-state index contributed by atoms with van der Waals surface area (Å²) in [5, 5.41) is 4.04. The molecule has 2 aliphatic rings. The lowest BCUT2D eigenvalue weighted by Crippen LogP contribution is -2.31. The SMILES string of the molecule is Cc1cnc(C(=O)N2CCCC2c2nc(CCOCC3CC3)no2)cn1. The third-order valence-corrected chi connectivity index (χ3v) is 4.80. The van der Waals surface area contributed by atoms with Gasteiger partial charge in [0, 0.05) is 25.8 Å². The normalized spacial score (nSPS) is 19.9. The predicted molar refractivity (Wildman–Crippen MR) is 91.3 cm³/mol. The van der Waals surface area contributed by atoms with Crippen molar-refractivity contribution in [3.63, 3.8) is 0 Å². The summed E-state index contributed by atoms with van der Waals surface area (Å²) in [7, 11) is 0. The number of carbonyl (C=O) groups is 1. The molecule has 1 saturated heterocycles. The van der Waals surface area contributed by atoms with Crippen LogP contribution < -0.4 is 0 Å². The number of aromatic nitrogens is 4. The van der Waals surface area contributed by atoms with Crippen molar-refractivity contribution in [1.29, 1.82) is 0 Å². The summed E-state index contributed by atoms with van der Waals surface area (Å²) >= 11 is 0. The Morgan fingerprint density at radius 2 is 2.19 bits per heavy atom. The molecule has 0 N–H and O–H groups in total. The fourth-order valence-corrected chi connectivity index (χ4v) is 3.12. The summed E-state index contributed by atoms with van der Waals surface area (Å²) in [4.78, 5) is 27.3. The van der Waals surface area contributed by atoms with Crippen LogP contribution in [0.3, 0.4) is 0 Å². The number of amides is 1. The van der Waals surface area contributed by atoms with Crippen LogP contribution in [-0.2, 0) is 11.2 Å². The zero-order valence-electron chi connectivity index (χ0n) is 14.9. The van der Waals surface area contributed by atoms with Gasteiger partial charge in [0.2, 0.25) is 5.89 Å². The molecule has 4 rings (SSSR count). The highest BCUT2D eigenvalue weighted by Crippen LogP contribution is 2.32. The highest BCUT2D eigenvalue weighted by Gasteiger charge is 2.35. The number of rotatable bonds is 7. The van der Waals surface area contributed by atoms with Crippen LogP contribution >= 0.6 is 0 Å². The van der Waals surface area contributed by atoms with Crippen LogP contribution in [0.1, 0.15) is 59.6 Å². The van der Waals surface area contributed by atoms with Gasteiger partial charge in [-0.25, -0.2) is 4.98 Å². The van der Waals surface area contributed by atoms with E-state index in [0.717, 1.165) is 31.1 Å². The van der Waals surface area contributed by atoms with Gasteiger partial charge in [0.25, 0.3) is 5.91 Å². The fraction of sp³-hybridized carbons (Fsp3) is 0.611. The molecule has 1 amide bonds. The molecule has 26 heavy (non-hydrogen) atoms. The number of carbonyl (C=O) groups excluding carboxylic acids is 1. The standard InChI is InChI=1S/C18H23N5O3/c1-12-9-20-14(10-19-12)18(24)23-7-2-3-15(23)17-21-16(22-26-17)6-8-25-11-13-4-5-13/h9-10,13,15H,2-8,11H2,1H3. The molecular weight excluding hydrogens is 334 g/mol. The molecule has 1 aliphatic heterocycles. The van der Waals surface area contributed by atoms with Crippen molar-refractivity contribution in [3.05, 3.63) is 35.5 Å². The molecule has 0 bridgehead atoms. The third kappa shape index (κ3) is 3.90. The molecule has 0 aromatic carbocycles. The first-order valence-corrected chi connectivity index (χ1v) is 9.20. The number of aryl methyl sites for hydroxylation is 1. The van der Waals surface area contributed by atoms with Crippen LogP contribution in [0.4, 0.5) is 0 Å². The van der Waals surface area contributed by atoms with Crippen molar-refractivity contribution in [1.82, 2.24) is 25.0 Å². The number of likely N-dealkylation sites (tertiary alicyclic amines) is 1. The quantitative estimate of drug-likeness (QED) is 0.700. The van der Waals surface area contributed by atoms with E-state index in [0.29, 0.717) is 37.0 Å². The second-order valence-electron chi connectivity index (χ2n) is 7.02. The Morgan fingerprint density at radius 3 is 2.96 bits per heavy atom. The minimum absolute atomic E-state index is 0.146. The molecule has 1 aliphatic carbocycles. The van der Waals surface area contributed by atoms with E-state index in [1.165, 1.54) is 19.0 Å². The van der Waals surface area contributed by atoms with Gasteiger partial charge in [-0.15, -0.1) is 0 Å². The summed E-state index contributed by atoms with van der Waals surface area (Å²) in [6.45, 7) is 3.92. The Kier molecular flexibility index (Phi) is 4.92. The van der Waals surface area contributed by atoms with Gasteiger partial charge in [-0.3, -0.25) is 9.78 Å². The molecular formula is C18H23N5O3. The smallest absolute Gasteiger partial charge is 0.274 e. The van der Waals surface area contributed by atoms with Crippen molar-refractivity contribution in [2.45, 2.75) is 45.1 Å². The third-order valence-electron chi connectivity index (χ3n) is 4.80. The zero-order valence-corrected chi connectivity index (χ0v) is 14.9. The minimum atomic E-state index is -0.195. The largest absolute Gasteiger partial charge is 0.381 e. The van der Waals surface area contributed by atoms with Gasteiger partial charge in [-0.2, -0.15) is 4.98 Å². The fourth-order valence-electron chi connectivity index (χ4n) is 3.12. The van der Waals surface area contributed by atoms with Crippen molar-refractivity contribution in [2.24, 2.45) is 5.92 Å². The second-order valence-corrected chi connectivity index (χ2v) is 7.02. The Bertz CT molecular complexity index is 756. The van der Waals surface area contributed by atoms with E-state index in [1.807, 2.05) is 6.92 Å². The predicted octanol–water partition coefficient (Wildman–Crippen LogP) is 2.11. The first-order chi connectivity index (χ1) is 12.7. The molecule has 1 atom stereocenters. The summed E-state index contributed by atoms with van der Waals surface area (Å²) in [5.74, 6) is 1.73. The Balaban J connectivity index is 1.38. The molecule has 0 radical (unpaired) electrons. The van der Waals surface area contributed by atoms with Crippen LogP contribution in [0.2, 0.25) is 0 Å². The Labute approximate surface area is 152 Å². The number of nitrogens with zero attached hydrogens (tertiary/aromatic N) is 5. The lowest BCUT2D eigenvalue weighted by atomic mass is 10.2. The highest BCUT2D eigenvalue weighted by molar-refractivity contribution is 5.92. The molecule has 8 nitrogen and oxygen atoms in total. The lowest BCUT2D eigenvalue weighted by molar-refractivity contribution is 0.0703. The van der Waals surface area contributed by atoms with Gasteiger partial charge in [0.15, 0.2) is 5.82 Å². The monoisotopic (exact) mass is 357 g/mol. The van der Waals surface area contributed by atoms with E-state index >= 15 is 0 Å². The zero-order chi connectivity index (χ0) is 17.9. The maximum absolute atomic E-state index is 12.7. The highest BCUT2D eigenvalue weighted by atomic mass is 16.5. The van der Waals surface area contributed by atoms with E-state index in [9.17, 15) is 4.79 Å². The van der Waals surface area contributed by atoms with Crippen molar-refractivity contribution in [3.8, 4) is 0 Å². The van der Waals surface area contributed by atoms with Gasteiger partial charge in [-0.05, 0) is 38.5 Å². The molecule has 8 heteroatoms. The van der Waals surface area contributed by atoms with E-state index < -0.39 is 0 Å².